The first kappa shape index (κ1) is 20.0. The molecular weight excluding hydrogens is 418 g/mol. The monoisotopic (exact) mass is 433 g/mol. The molecule has 0 saturated heterocycles. The number of aromatic nitrogens is 2. The average molecular weight is 434 g/mol. The molecule has 0 fully saturated rings. The number of hydrogen-bond acceptors (Lipinski definition) is 5. The Bertz CT molecular complexity index is 1090. The van der Waals surface area contributed by atoms with Gasteiger partial charge in [0, 0.05) is 11.4 Å². The average Bonchev–Trinajstić information content (AvgIpc) is 2.64. The van der Waals surface area contributed by atoms with Gasteiger partial charge in [0.25, 0.3) is 10.0 Å². The maximum absolute atomic E-state index is 12.4. The molecule has 0 aliphatic rings. The lowest BCUT2D eigenvalue weighted by atomic mass is 10.2. The summed E-state index contributed by atoms with van der Waals surface area (Å²) in [5.41, 5.74) is 2.63. The fourth-order valence-corrected chi connectivity index (χ4v) is 3.63. The van der Waals surface area contributed by atoms with E-state index in [-0.39, 0.29) is 15.9 Å². The number of anilines is 3. The molecule has 0 atom stereocenters. The van der Waals surface area contributed by atoms with Crippen LogP contribution < -0.4 is 15.4 Å². The molecule has 1 heterocycles. The number of halogens is 1. The molecule has 144 valence electrons. The zero-order valence-corrected chi connectivity index (χ0v) is 17.1. The molecule has 0 aliphatic carbocycles. The van der Waals surface area contributed by atoms with E-state index in [9.17, 15) is 8.42 Å². The van der Waals surface area contributed by atoms with Crippen molar-refractivity contribution in [2.45, 2.75) is 11.8 Å². The highest BCUT2D eigenvalue weighted by Crippen LogP contribution is 2.18. The molecule has 0 radical (unpaired) electrons. The molecule has 0 aliphatic heterocycles. The summed E-state index contributed by atoms with van der Waals surface area (Å²) in [6.45, 7) is 1.99. The van der Waals surface area contributed by atoms with Gasteiger partial charge in [-0.25, -0.2) is 8.42 Å². The SMILES string of the molecule is Cc1cccc(NC(=S)Nc2ccc(S(=O)(=O)Nc3ccc(Cl)nn3)cc2)c1. The Labute approximate surface area is 173 Å². The van der Waals surface area contributed by atoms with Gasteiger partial charge in [0.2, 0.25) is 0 Å². The second-order valence-electron chi connectivity index (χ2n) is 5.82. The van der Waals surface area contributed by atoms with E-state index in [2.05, 4.69) is 25.6 Å². The van der Waals surface area contributed by atoms with Crippen LogP contribution in [0.25, 0.3) is 0 Å². The lowest BCUT2D eigenvalue weighted by Crippen LogP contribution is -2.19. The zero-order valence-electron chi connectivity index (χ0n) is 14.7. The van der Waals surface area contributed by atoms with Crippen LogP contribution in [0, 0.1) is 6.92 Å². The minimum Gasteiger partial charge on any atom is -0.332 e. The maximum atomic E-state index is 12.4. The summed E-state index contributed by atoms with van der Waals surface area (Å²) in [5.74, 6) is 0.0788. The van der Waals surface area contributed by atoms with Gasteiger partial charge in [0.05, 0.1) is 4.90 Å². The zero-order chi connectivity index (χ0) is 20.1. The summed E-state index contributed by atoms with van der Waals surface area (Å²) in [7, 11) is -3.80. The Hall–Kier alpha value is -2.75. The number of aryl methyl sites for hydroxylation is 1. The summed E-state index contributed by atoms with van der Waals surface area (Å²) in [4.78, 5) is 0.0763. The third-order valence-electron chi connectivity index (χ3n) is 3.57. The van der Waals surface area contributed by atoms with Gasteiger partial charge in [-0.1, -0.05) is 23.7 Å². The van der Waals surface area contributed by atoms with Gasteiger partial charge in [0.1, 0.15) is 0 Å². The molecule has 1 aromatic heterocycles. The number of nitrogens with zero attached hydrogens (tertiary/aromatic N) is 2. The quantitative estimate of drug-likeness (QED) is 0.522. The van der Waals surface area contributed by atoms with E-state index in [1.807, 2.05) is 31.2 Å². The molecule has 0 saturated carbocycles. The topological polar surface area (TPSA) is 96.0 Å². The largest absolute Gasteiger partial charge is 0.332 e. The standard InChI is InChI=1S/C18H16ClN5O2S2/c1-12-3-2-4-14(11-12)21-18(27)20-13-5-7-15(8-6-13)28(25,26)24-17-10-9-16(19)22-23-17/h2-11H,1H3,(H,23,24)(H2,20,21,27). The third kappa shape index (κ3) is 5.38. The smallest absolute Gasteiger partial charge is 0.263 e. The van der Waals surface area contributed by atoms with E-state index in [0.717, 1.165) is 11.3 Å². The van der Waals surface area contributed by atoms with Crippen LogP contribution in [-0.4, -0.2) is 23.7 Å². The normalized spacial score (nSPS) is 10.9. The lowest BCUT2D eigenvalue weighted by molar-refractivity contribution is 0.601. The van der Waals surface area contributed by atoms with E-state index in [1.54, 1.807) is 12.1 Å². The van der Waals surface area contributed by atoms with Crippen molar-refractivity contribution in [1.29, 1.82) is 0 Å². The van der Waals surface area contributed by atoms with Crippen LogP contribution in [0.1, 0.15) is 5.56 Å². The van der Waals surface area contributed by atoms with Crippen LogP contribution in [0.2, 0.25) is 5.15 Å². The third-order valence-corrected chi connectivity index (χ3v) is 5.35. The Balaban J connectivity index is 1.65. The molecule has 0 spiro atoms. The summed E-state index contributed by atoms with van der Waals surface area (Å²) in [6.07, 6.45) is 0. The van der Waals surface area contributed by atoms with E-state index in [4.69, 9.17) is 23.8 Å². The molecule has 3 aromatic rings. The molecule has 0 amide bonds. The first-order chi connectivity index (χ1) is 13.3. The van der Waals surface area contributed by atoms with Crippen molar-refractivity contribution in [2.24, 2.45) is 0 Å². The van der Waals surface area contributed by atoms with Crippen molar-refractivity contribution in [1.82, 2.24) is 10.2 Å². The van der Waals surface area contributed by atoms with Crippen molar-refractivity contribution in [3.05, 3.63) is 71.4 Å². The van der Waals surface area contributed by atoms with E-state index in [1.165, 1.54) is 24.3 Å². The Kier molecular flexibility index (Phi) is 6.08. The van der Waals surface area contributed by atoms with Crippen molar-refractivity contribution in [2.75, 3.05) is 15.4 Å². The van der Waals surface area contributed by atoms with Crippen LogP contribution in [-0.2, 0) is 10.0 Å². The maximum Gasteiger partial charge on any atom is 0.263 e. The number of benzene rings is 2. The fraction of sp³-hybridized carbons (Fsp3) is 0.0556. The highest BCUT2D eigenvalue weighted by molar-refractivity contribution is 7.92. The van der Waals surface area contributed by atoms with Gasteiger partial charge in [-0.2, -0.15) is 0 Å². The fourth-order valence-electron chi connectivity index (χ4n) is 2.30. The first-order valence-corrected chi connectivity index (χ1v) is 10.4. The van der Waals surface area contributed by atoms with Gasteiger partial charge in [-0.15, -0.1) is 10.2 Å². The summed E-state index contributed by atoms with van der Waals surface area (Å²) >= 11 is 10.9. The summed E-state index contributed by atoms with van der Waals surface area (Å²) in [5, 5.41) is 13.9. The van der Waals surface area contributed by atoms with Gasteiger partial charge in [0.15, 0.2) is 16.1 Å². The number of rotatable bonds is 5. The van der Waals surface area contributed by atoms with E-state index in [0.29, 0.717) is 10.8 Å². The highest BCUT2D eigenvalue weighted by Gasteiger charge is 2.15. The molecule has 10 heteroatoms. The molecule has 28 heavy (non-hydrogen) atoms. The molecule has 7 nitrogen and oxygen atoms in total. The molecule has 0 unspecified atom stereocenters. The molecule has 3 N–H and O–H groups in total. The number of nitrogens with one attached hydrogen (secondary N) is 3. The minimum absolute atomic E-state index is 0.0763. The highest BCUT2D eigenvalue weighted by atomic mass is 35.5. The van der Waals surface area contributed by atoms with Crippen LogP contribution in [0.15, 0.2) is 65.6 Å². The summed E-state index contributed by atoms with van der Waals surface area (Å²) < 4.78 is 27.2. The molecule has 3 rings (SSSR count). The molecule has 0 bridgehead atoms. The van der Waals surface area contributed by atoms with E-state index >= 15 is 0 Å². The van der Waals surface area contributed by atoms with Crippen molar-refractivity contribution in [3.63, 3.8) is 0 Å². The van der Waals surface area contributed by atoms with Gasteiger partial charge >= 0.3 is 0 Å². The van der Waals surface area contributed by atoms with Gasteiger partial charge in [-0.3, -0.25) is 4.72 Å². The Morgan fingerprint density at radius 3 is 2.32 bits per heavy atom. The molecular formula is C18H16ClN5O2S2. The Morgan fingerprint density at radius 2 is 1.68 bits per heavy atom. The van der Waals surface area contributed by atoms with Crippen LogP contribution in [0.5, 0.6) is 0 Å². The van der Waals surface area contributed by atoms with E-state index < -0.39 is 10.0 Å². The van der Waals surface area contributed by atoms with Crippen molar-refractivity contribution < 1.29 is 8.42 Å². The number of sulfonamides is 1. The second kappa shape index (κ2) is 8.51. The second-order valence-corrected chi connectivity index (χ2v) is 8.30. The molecule has 2 aromatic carbocycles. The minimum atomic E-state index is -3.80. The van der Waals surface area contributed by atoms with Crippen molar-refractivity contribution in [3.8, 4) is 0 Å². The van der Waals surface area contributed by atoms with Crippen molar-refractivity contribution >= 4 is 56.1 Å². The first-order valence-electron chi connectivity index (χ1n) is 8.09. The predicted octanol–water partition coefficient (Wildman–Crippen LogP) is 4.05. The summed E-state index contributed by atoms with van der Waals surface area (Å²) in [6, 6.07) is 16.8. The number of hydrogen-bond donors (Lipinski definition) is 3. The Morgan fingerprint density at radius 1 is 0.964 bits per heavy atom. The van der Waals surface area contributed by atoms with Crippen LogP contribution in [0.4, 0.5) is 17.2 Å². The van der Waals surface area contributed by atoms with Crippen LogP contribution in [0.3, 0.4) is 0 Å². The van der Waals surface area contributed by atoms with Crippen LogP contribution >= 0.6 is 23.8 Å². The lowest BCUT2D eigenvalue weighted by Gasteiger charge is -2.12. The van der Waals surface area contributed by atoms with Gasteiger partial charge in [-0.05, 0) is 73.2 Å². The van der Waals surface area contributed by atoms with Gasteiger partial charge < -0.3 is 10.6 Å². The number of thiocarbonyl (C=S) groups is 1. The predicted molar refractivity (Wildman–Crippen MR) is 115 cm³/mol.